The summed E-state index contributed by atoms with van der Waals surface area (Å²) in [5.41, 5.74) is 5.03. The zero-order valence-electron chi connectivity index (χ0n) is 13.3. The molecule has 0 spiro atoms. The highest BCUT2D eigenvalue weighted by molar-refractivity contribution is 8.01. The minimum Gasteiger partial charge on any atom is -0.294 e. The molecule has 0 fully saturated rings. The average molecular weight is 368 g/mol. The van der Waals surface area contributed by atoms with Crippen molar-refractivity contribution in [3.05, 3.63) is 77.2 Å². The molecular formula is C20H17NS3. The van der Waals surface area contributed by atoms with Crippen LogP contribution in [-0.2, 0) is 0 Å². The third-order valence-electron chi connectivity index (χ3n) is 4.10. The van der Waals surface area contributed by atoms with Crippen LogP contribution < -0.4 is 4.31 Å². The molecule has 1 aromatic heterocycles. The van der Waals surface area contributed by atoms with E-state index in [9.17, 15) is 0 Å². The van der Waals surface area contributed by atoms with Gasteiger partial charge in [0.15, 0.2) is 0 Å². The van der Waals surface area contributed by atoms with Crippen molar-refractivity contribution >= 4 is 47.7 Å². The first-order valence-electron chi connectivity index (χ1n) is 7.75. The summed E-state index contributed by atoms with van der Waals surface area (Å²) in [6.45, 7) is 6.05. The number of fused-ring (bicyclic) bond motifs is 3. The van der Waals surface area contributed by atoms with Gasteiger partial charge in [0, 0.05) is 9.77 Å². The Morgan fingerprint density at radius 2 is 1.92 bits per heavy atom. The monoisotopic (exact) mass is 367 g/mol. The second-order valence-electron chi connectivity index (χ2n) is 5.76. The zero-order chi connectivity index (χ0) is 16.7. The predicted molar refractivity (Wildman–Crippen MR) is 111 cm³/mol. The lowest BCUT2D eigenvalue weighted by molar-refractivity contribution is 1.02. The van der Waals surface area contributed by atoms with Crippen LogP contribution in [0, 0.1) is 6.92 Å². The molecule has 1 aliphatic rings. The topological polar surface area (TPSA) is 3.24 Å². The summed E-state index contributed by atoms with van der Waals surface area (Å²) in [6, 6.07) is 19.4. The lowest BCUT2D eigenvalue weighted by Gasteiger charge is -2.34. The molecule has 4 rings (SSSR count). The first kappa shape index (κ1) is 15.9. The van der Waals surface area contributed by atoms with Crippen LogP contribution in [-0.4, -0.2) is 0 Å². The van der Waals surface area contributed by atoms with Gasteiger partial charge in [-0.3, -0.25) is 4.31 Å². The average Bonchev–Trinajstić information content (AvgIpc) is 3.05. The fraction of sp³-hybridized carbons (Fsp3) is 0.100. The Balaban J connectivity index is 1.81. The normalized spacial score (nSPS) is 15.8. The third kappa shape index (κ3) is 2.69. The van der Waals surface area contributed by atoms with Gasteiger partial charge in [-0.2, -0.15) is 0 Å². The Labute approximate surface area is 156 Å². The van der Waals surface area contributed by atoms with Crippen molar-refractivity contribution in [1.29, 1.82) is 0 Å². The van der Waals surface area contributed by atoms with E-state index in [1.165, 1.54) is 37.0 Å². The van der Waals surface area contributed by atoms with Crippen LogP contribution in [0.5, 0.6) is 0 Å². The van der Waals surface area contributed by atoms with Gasteiger partial charge in [-0.15, -0.1) is 24.0 Å². The Morgan fingerprint density at radius 1 is 1.17 bits per heavy atom. The molecule has 0 bridgehead atoms. The minimum atomic E-state index is 0.0206. The lowest BCUT2D eigenvalue weighted by atomic mass is 10.0. The van der Waals surface area contributed by atoms with Gasteiger partial charge in [0.25, 0.3) is 0 Å². The smallest absolute Gasteiger partial charge is 0.109 e. The van der Waals surface area contributed by atoms with Crippen molar-refractivity contribution < 1.29 is 0 Å². The molecule has 0 saturated heterocycles. The molecule has 3 aromatic rings. The lowest BCUT2D eigenvalue weighted by Crippen LogP contribution is -2.21. The number of aryl methyl sites for hydroxylation is 1. The van der Waals surface area contributed by atoms with Crippen LogP contribution in [0.25, 0.3) is 16.5 Å². The fourth-order valence-electron chi connectivity index (χ4n) is 2.86. The molecule has 120 valence electrons. The number of nitrogens with zero attached hydrogens (tertiary/aromatic N) is 1. The number of anilines is 1. The van der Waals surface area contributed by atoms with Gasteiger partial charge in [-0.05, 0) is 48.2 Å². The van der Waals surface area contributed by atoms with Crippen LogP contribution in [0.4, 0.5) is 5.69 Å². The largest absolute Gasteiger partial charge is 0.294 e. The number of thiophene rings is 1. The van der Waals surface area contributed by atoms with Crippen LogP contribution in [0.1, 0.15) is 21.4 Å². The van der Waals surface area contributed by atoms with Gasteiger partial charge in [-0.1, -0.05) is 54.6 Å². The van der Waals surface area contributed by atoms with Crippen LogP contribution >= 0.6 is 35.9 Å². The van der Waals surface area contributed by atoms with Crippen LogP contribution in [0.15, 0.2) is 66.1 Å². The molecule has 1 unspecified atom stereocenters. The van der Waals surface area contributed by atoms with Gasteiger partial charge < -0.3 is 0 Å². The Morgan fingerprint density at radius 3 is 2.67 bits per heavy atom. The highest BCUT2D eigenvalue weighted by Crippen LogP contribution is 2.53. The fourth-order valence-corrected chi connectivity index (χ4v) is 5.39. The van der Waals surface area contributed by atoms with Crippen molar-refractivity contribution in [2.45, 2.75) is 17.2 Å². The Bertz CT molecular complexity index is 896. The molecule has 2 heterocycles. The van der Waals surface area contributed by atoms with E-state index in [1.807, 2.05) is 6.08 Å². The van der Waals surface area contributed by atoms with Crippen molar-refractivity contribution in [1.82, 2.24) is 0 Å². The summed E-state index contributed by atoms with van der Waals surface area (Å²) in [4.78, 5) is 3.70. The van der Waals surface area contributed by atoms with E-state index in [4.69, 9.17) is 12.6 Å². The van der Waals surface area contributed by atoms with Gasteiger partial charge in [0.2, 0.25) is 0 Å². The molecule has 1 nitrogen and oxygen atoms in total. The number of benzene rings is 2. The standard InChI is InChI=1S/C20H17NS3/c1-3-14-12-18-19(23-14)16-6-4-5-7-17(16)20(22)21(18)24-15-10-8-13(2)9-11-15/h3-12,20,22H,1H2,2H3. The van der Waals surface area contributed by atoms with Crippen molar-refractivity contribution in [2.75, 3.05) is 4.31 Å². The molecule has 1 atom stereocenters. The number of hydrogen-bond acceptors (Lipinski definition) is 4. The van der Waals surface area contributed by atoms with Crippen molar-refractivity contribution in [3.8, 4) is 10.4 Å². The van der Waals surface area contributed by atoms with E-state index in [0.717, 1.165) is 0 Å². The van der Waals surface area contributed by atoms with Gasteiger partial charge in [-0.25, -0.2) is 0 Å². The van der Waals surface area contributed by atoms with Gasteiger partial charge >= 0.3 is 0 Å². The van der Waals surface area contributed by atoms with E-state index < -0.39 is 0 Å². The molecule has 0 N–H and O–H groups in total. The summed E-state index contributed by atoms with van der Waals surface area (Å²) >= 11 is 8.46. The van der Waals surface area contributed by atoms with E-state index in [1.54, 1.807) is 23.3 Å². The van der Waals surface area contributed by atoms with Crippen LogP contribution in [0.3, 0.4) is 0 Å². The molecule has 0 saturated carbocycles. The molecule has 0 radical (unpaired) electrons. The third-order valence-corrected chi connectivity index (χ3v) is 7.01. The van der Waals surface area contributed by atoms with E-state index in [-0.39, 0.29) is 5.37 Å². The first-order valence-corrected chi connectivity index (χ1v) is 9.85. The zero-order valence-corrected chi connectivity index (χ0v) is 15.8. The Hall–Kier alpha value is -1.62. The van der Waals surface area contributed by atoms with E-state index in [0.29, 0.717) is 0 Å². The highest BCUT2D eigenvalue weighted by Gasteiger charge is 2.31. The van der Waals surface area contributed by atoms with E-state index in [2.05, 4.69) is 72.4 Å². The SMILES string of the molecule is C=Cc1cc2c(s1)-c1ccccc1C(S)N2Sc1ccc(C)cc1. The van der Waals surface area contributed by atoms with Crippen molar-refractivity contribution in [2.24, 2.45) is 0 Å². The second-order valence-corrected chi connectivity index (χ2v) is 8.38. The molecule has 2 aromatic carbocycles. The molecule has 0 amide bonds. The Kier molecular flexibility index (Phi) is 4.21. The predicted octanol–water partition coefficient (Wildman–Crippen LogP) is 6.82. The molecule has 4 heteroatoms. The summed E-state index contributed by atoms with van der Waals surface area (Å²) in [5.74, 6) is 0. The number of rotatable bonds is 3. The first-order chi connectivity index (χ1) is 11.7. The van der Waals surface area contributed by atoms with Gasteiger partial charge in [0.05, 0.1) is 10.6 Å². The molecule has 24 heavy (non-hydrogen) atoms. The maximum atomic E-state index is 4.93. The second kappa shape index (κ2) is 6.36. The summed E-state index contributed by atoms with van der Waals surface area (Å²) in [6.07, 6.45) is 1.92. The number of thiol groups is 1. The van der Waals surface area contributed by atoms with E-state index >= 15 is 0 Å². The number of hydrogen-bond donors (Lipinski definition) is 1. The summed E-state index contributed by atoms with van der Waals surface area (Å²) in [7, 11) is 0. The summed E-state index contributed by atoms with van der Waals surface area (Å²) < 4.78 is 2.30. The molecule has 1 aliphatic heterocycles. The minimum absolute atomic E-state index is 0.0206. The maximum absolute atomic E-state index is 4.93. The van der Waals surface area contributed by atoms with Gasteiger partial charge in [0.1, 0.15) is 5.37 Å². The van der Waals surface area contributed by atoms with Crippen LogP contribution in [0.2, 0.25) is 0 Å². The highest BCUT2D eigenvalue weighted by atomic mass is 32.2. The van der Waals surface area contributed by atoms with Crippen molar-refractivity contribution in [3.63, 3.8) is 0 Å². The summed E-state index contributed by atoms with van der Waals surface area (Å²) in [5, 5.41) is 0.0206. The molecule has 0 aliphatic carbocycles. The maximum Gasteiger partial charge on any atom is 0.109 e. The quantitative estimate of drug-likeness (QED) is 0.399. The molecular weight excluding hydrogens is 350 g/mol.